The SMILES string of the molecule is CN=C(NCCS(=O)(=O)C(C)(C)C)N(C)CCOc1ccc(Cl)cc1. The van der Waals surface area contributed by atoms with Crippen LogP contribution in [0.15, 0.2) is 29.3 Å². The highest BCUT2D eigenvalue weighted by Gasteiger charge is 2.28. The molecule has 6 nitrogen and oxygen atoms in total. The molecule has 142 valence electrons. The predicted octanol–water partition coefficient (Wildman–Crippen LogP) is 2.44. The topological polar surface area (TPSA) is 71.0 Å². The molecule has 0 radical (unpaired) electrons. The van der Waals surface area contributed by atoms with E-state index < -0.39 is 14.6 Å². The van der Waals surface area contributed by atoms with Crippen molar-refractivity contribution in [1.82, 2.24) is 10.2 Å². The molecular formula is C17H28ClN3O3S. The number of rotatable bonds is 7. The zero-order valence-electron chi connectivity index (χ0n) is 15.5. The number of guanidine groups is 1. The molecule has 1 aromatic rings. The van der Waals surface area contributed by atoms with Crippen molar-refractivity contribution >= 4 is 27.4 Å². The van der Waals surface area contributed by atoms with Gasteiger partial charge in [-0.15, -0.1) is 0 Å². The molecule has 0 spiro atoms. The quantitative estimate of drug-likeness (QED) is 0.572. The molecular weight excluding hydrogens is 362 g/mol. The van der Waals surface area contributed by atoms with Crippen LogP contribution in [0.2, 0.25) is 5.02 Å². The van der Waals surface area contributed by atoms with Gasteiger partial charge in [0.1, 0.15) is 12.4 Å². The average molecular weight is 390 g/mol. The van der Waals surface area contributed by atoms with Gasteiger partial charge in [0, 0.05) is 25.7 Å². The number of aliphatic imine (C=N–C) groups is 1. The van der Waals surface area contributed by atoms with E-state index in [1.165, 1.54) is 0 Å². The van der Waals surface area contributed by atoms with Crippen molar-refractivity contribution in [2.45, 2.75) is 25.5 Å². The van der Waals surface area contributed by atoms with E-state index in [1.54, 1.807) is 40.0 Å². The van der Waals surface area contributed by atoms with Gasteiger partial charge in [0.2, 0.25) is 0 Å². The van der Waals surface area contributed by atoms with Crippen LogP contribution in [0.1, 0.15) is 20.8 Å². The molecule has 25 heavy (non-hydrogen) atoms. The second-order valence-electron chi connectivity index (χ2n) is 6.63. The number of hydrogen-bond donors (Lipinski definition) is 1. The predicted molar refractivity (Wildman–Crippen MR) is 104 cm³/mol. The maximum absolute atomic E-state index is 12.1. The van der Waals surface area contributed by atoms with Crippen molar-refractivity contribution in [1.29, 1.82) is 0 Å². The molecule has 0 saturated heterocycles. The molecule has 1 aromatic carbocycles. The van der Waals surface area contributed by atoms with E-state index in [1.807, 2.05) is 24.1 Å². The Bertz CT molecular complexity index is 667. The van der Waals surface area contributed by atoms with Crippen LogP contribution >= 0.6 is 11.6 Å². The van der Waals surface area contributed by atoms with Crippen LogP contribution in [0.5, 0.6) is 5.75 Å². The largest absolute Gasteiger partial charge is 0.492 e. The lowest BCUT2D eigenvalue weighted by Gasteiger charge is -2.23. The summed E-state index contributed by atoms with van der Waals surface area (Å²) in [6.07, 6.45) is 0. The van der Waals surface area contributed by atoms with Gasteiger partial charge in [-0.05, 0) is 45.0 Å². The Morgan fingerprint density at radius 1 is 1.28 bits per heavy atom. The Hall–Kier alpha value is -1.47. The van der Waals surface area contributed by atoms with E-state index in [0.29, 0.717) is 30.7 Å². The van der Waals surface area contributed by atoms with E-state index in [9.17, 15) is 8.42 Å². The van der Waals surface area contributed by atoms with E-state index in [2.05, 4.69) is 10.3 Å². The van der Waals surface area contributed by atoms with Crippen LogP contribution in [0.25, 0.3) is 0 Å². The first-order valence-corrected chi connectivity index (χ1v) is 10.1. The van der Waals surface area contributed by atoms with Crippen molar-refractivity contribution in [3.05, 3.63) is 29.3 Å². The number of nitrogens with zero attached hydrogens (tertiary/aromatic N) is 2. The standard InChI is InChI=1S/C17H28ClN3O3S/c1-17(2,3)25(22,23)13-10-20-16(19-4)21(5)11-12-24-15-8-6-14(18)7-9-15/h6-9H,10-13H2,1-5H3,(H,19,20). The Kier molecular flexibility index (Phi) is 8.02. The minimum atomic E-state index is -3.16. The second kappa shape index (κ2) is 9.29. The zero-order chi connectivity index (χ0) is 19.1. The Balaban J connectivity index is 2.42. The molecule has 0 fully saturated rings. The summed E-state index contributed by atoms with van der Waals surface area (Å²) in [5.41, 5.74) is 0. The lowest BCUT2D eigenvalue weighted by Crippen LogP contribution is -2.43. The van der Waals surface area contributed by atoms with Gasteiger partial charge in [-0.25, -0.2) is 8.42 Å². The molecule has 0 aliphatic carbocycles. The Morgan fingerprint density at radius 2 is 1.88 bits per heavy atom. The number of likely N-dealkylation sites (N-methyl/N-ethyl adjacent to an activating group) is 1. The van der Waals surface area contributed by atoms with Crippen molar-refractivity contribution in [2.24, 2.45) is 4.99 Å². The molecule has 8 heteroatoms. The highest BCUT2D eigenvalue weighted by molar-refractivity contribution is 7.92. The molecule has 0 aliphatic rings. The number of benzene rings is 1. The van der Waals surface area contributed by atoms with Crippen LogP contribution < -0.4 is 10.1 Å². The zero-order valence-corrected chi connectivity index (χ0v) is 17.1. The van der Waals surface area contributed by atoms with Gasteiger partial charge in [-0.2, -0.15) is 0 Å². The lowest BCUT2D eigenvalue weighted by molar-refractivity contribution is 0.281. The van der Waals surface area contributed by atoms with Crippen LogP contribution in [0.3, 0.4) is 0 Å². The monoisotopic (exact) mass is 389 g/mol. The Labute approximate surface area is 156 Å². The van der Waals surface area contributed by atoms with Crippen LogP contribution in [0, 0.1) is 0 Å². The van der Waals surface area contributed by atoms with Crippen molar-refractivity contribution in [2.75, 3.05) is 39.5 Å². The van der Waals surface area contributed by atoms with E-state index in [0.717, 1.165) is 5.75 Å². The number of hydrogen-bond acceptors (Lipinski definition) is 4. The summed E-state index contributed by atoms with van der Waals surface area (Å²) in [6, 6.07) is 7.17. The van der Waals surface area contributed by atoms with Gasteiger partial charge >= 0.3 is 0 Å². The van der Waals surface area contributed by atoms with Crippen LogP contribution in [0.4, 0.5) is 0 Å². The fourth-order valence-corrected chi connectivity index (χ4v) is 3.03. The molecule has 0 atom stereocenters. The fourth-order valence-electron chi connectivity index (χ4n) is 1.93. The van der Waals surface area contributed by atoms with Crippen LogP contribution in [-0.4, -0.2) is 63.6 Å². The van der Waals surface area contributed by atoms with Gasteiger partial charge in [-0.1, -0.05) is 11.6 Å². The lowest BCUT2D eigenvalue weighted by atomic mass is 10.3. The molecule has 0 heterocycles. The number of halogens is 1. The number of nitrogens with one attached hydrogen (secondary N) is 1. The summed E-state index contributed by atoms with van der Waals surface area (Å²) in [7, 11) is 0.382. The van der Waals surface area contributed by atoms with Gasteiger partial charge in [0.25, 0.3) is 0 Å². The first-order valence-electron chi connectivity index (χ1n) is 8.09. The van der Waals surface area contributed by atoms with Gasteiger partial charge < -0.3 is 15.0 Å². The smallest absolute Gasteiger partial charge is 0.193 e. The molecule has 0 aliphatic heterocycles. The van der Waals surface area contributed by atoms with Gasteiger partial charge in [0.05, 0.1) is 17.0 Å². The summed E-state index contributed by atoms with van der Waals surface area (Å²) < 4.78 is 29.1. The minimum absolute atomic E-state index is 0.0602. The van der Waals surface area contributed by atoms with Crippen molar-refractivity contribution < 1.29 is 13.2 Å². The molecule has 1 rings (SSSR count). The summed E-state index contributed by atoms with van der Waals surface area (Å²) >= 11 is 5.83. The highest BCUT2D eigenvalue weighted by atomic mass is 35.5. The van der Waals surface area contributed by atoms with Crippen LogP contribution in [-0.2, 0) is 9.84 Å². The summed E-state index contributed by atoms with van der Waals surface area (Å²) in [4.78, 5) is 6.06. The maximum Gasteiger partial charge on any atom is 0.193 e. The average Bonchev–Trinajstić information content (AvgIpc) is 2.52. The van der Waals surface area contributed by atoms with Crippen molar-refractivity contribution in [3.8, 4) is 5.75 Å². The first-order chi connectivity index (χ1) is 11.6. The second-order valence-corrected chi connectivity index (χ2v) is 9.93. The molecule has 0 bridgehead atoms. The molecule has 0 amide bonds. The fraction of sp³-hybridized carbons (Fsp3) is 0.588. The third-order valence-corrected chi connectivity index (χ3v) is 6.53. The minimum Gasteiger partial charge on any atom is -0.492 e. The molecule has 0 unspecified atom stereocenters. The third-order valence-electron chi connectivity index (χ3n) is 3.67. The summed E-state index contributed by atoms with van der Waals surface area (Å²) in [5.74, 6) is 1.44. The summed E-state index contributed by atoms with van der Waals surface area (Å²) in [6.45, 7) is 6.51. The molecule has 0 saturated carbocycles. The summed E-state index contributed by atoms with van der Waals surface area (Å²) in [5, 5.41) is 3.74. The normalized spacial score (nSPS) is 12.8. The van der Waals surface area contributed by atoms with E-state index in [-0.39, 0.29) is 5.75 Å². The van der Waals surface area contributed by atoms with Gasteiger partial charge in [-0.3, -0.25) is 4.99 Å². The third kappa shape index (κ3) is 7.12. The maximum atomic E-state index is 12.1. The first kappa shape index (κ1) is 21.6. The van der Waals surface area contributed by atoms with Gasteiger partial charge in [0.15, 0.2) is 15.8 Å². The van der Waals surface area contributed by atoms with E-state index >= 15 is 0 Å². The number of ether oxygens (including phenoxy) is 1. The Morgan fingerprint density at radius 3 is 2.40 bits per heavy atom. The number of sulfone groups is 1. The van der Waals surface area contributed by atoms with Crippen molar-refractivity contribution in [3.63, 3.8) is 0 Å². The molecule has 1 N–H and O–H groups in total. The highest BCUT2D eigenvalue weighted by Crippen LogP contribution is 2.16. The van der Waals surface area contributed by atoms with E-state index in [4.69, 9.17) is 16.3 Å². The molecule has 0 aromatic heterocycles.